The van der Waals surface area contributed by atoms with E-state index in [1.54, 1.807) is 22.6 Å². The van der Waals surface area contributed by atoms with Crippen LogP contribution < -0.4 is 0 Å². The molecule has 1 fully saturated rings. The van der Waals surface area contributed by atoms with E-state index in [0.29, 0.717) is 29.0 Å². The van der Waals surface area contributed by atoms with Gasteiger partial charge < -0.3 is 14.6 Å². The van der Waals surface area contributed by atoms with Gasteiger partial charge in [-0.05, 0) is 18.9 Å². The molecule has 0 aromatic carbocycles. The van der Waals surface area contributed by atoms with Crippen LogP contribution in [0.1, 0.15) is 23.3 Å². The second-order valence-electron chi connectivity index (χ2n) is 4.27. The number of amides is 1. The number of hydrogen-bond donors (Lipinski definition) is 1. The average molecular weight is 277 g/mol. The van der Waals surface area contributed by atoms with Crippen LogP contribution in [0, 0.1) is 0 Å². The fraction of sp³-hybridized carbons (Fsp3) is 0.545. The van der Waals surface area contributed by atoms with Crippen LogP contribution in [0.4, 0.5) is 0 Å². The van der Waals surface area contributed by atoms with Crippen LogP contribution in [0.25, 0.3) is 0 Å². The van der Waals surface area contributed by atoms with Crippen molar-refractivity contribution in [3.8, 4) is 0 Å². The molecule has 0 spiro atoms. The number of β-amino-alcohol motifs (C(OH)–C–C–N with tert-alkyl or cyclic N) is 1. The Balaban J connectivity index is 2.21. The third-order valence-electron chi connectivity index (χ3n) is 3.02. The molecule has 17 heavy (non-hydrogen) atoms. The van der Waals surface area contributed by atoms with Gasteiger partial charge in [0.15, 0.2) is 0 Å². The lowest BCUT2D eigenvalue weighted by Crippen LogP contribution is -2.42. The second kappa shape index (κ2) is 4.88. The number of hydrogen-bond acceptors (Lipinski definition) is 2. The summed E-state index contributed by atoms with van der Waals surface area (Å²) in [7, 11) is 1.70. The summed E-state index contributed by atoms with van der Waals surface area (Å²) < 4.78 is 1.56. The molecule has 2 heterocycles. The summed E-state index contributed by atoms with van der Waals surface area (Å²) in [6.45, 7) is 1.04. The lowest BCUT2D eigenvalue weighted by atomic mass is 10.1. The monoisotopic (exact) mass is 276 g/mol. The molecule has 1 atom stereocenters. The Morgan fingerprint density at radius 2 is 2.24 bits per heavy atom. The van der Waals surface area contributed by atoms with Gasteiger partial charge in [0.05, 0.1) is 11.1 Å². The molecule has 1 amide bonds. The number of aliphatic hydroxyl groups excluding tert-OH is 1. The van der Waals surface area contributed by atoms with Crippen molar-refractivity contribution in [2.75, 3.05) is 13.1 Å². The number of likely N-dealkylation sites (tertiary alicyclic amines) is 1. The van der Waals surface area contributed by atoms with Crippen molar-refractivity contribution in [3.05, 3.63) is 21.9 Å². The molecule has 0 saturated carbocycles. The third-order valence-corrected chi connectivity index (χ3v) is 3.86. The van der Waals surface area contributed by atoms with Crippen LogP contribution in [0.3, 0.4) is 0 Å². The lowest BCUT2D eigenvalue weighted by Gasteiger charge is -2.30. The molecule has 0 bridgehead atoms. The fourth-order valence-electron chi connectivity index (χ4n) is 2.05. The smallest absolute Gasteiger partial charge is 0.270 e. The van der Waals surface area contributed by atoms with E-state index in [1.807, 2.05) is 0 Å². The Kier molecular flexibility index (Phi) is 3.66. The molecule has 0 aliphatic carbocycles. The van der Waals surface area contributed by atoms with Crippen LogP contribution in [0.15, 0.2) is 6.07 Å². The summed E-state index contributed by atoms with van der Waals surface area (Å²) in [4.78, 5) is 13.8. The number of aromatic nitrogens is 1. The fourth-order valence-corrected chi connectivity index (χ4v) is 2.42. The van der Waals surface area contributed by atoms with E-state index in [-0.39, 0.29) is 5.91 Å². The minimum Gasteiger partial charge on any atom is -0.391 e. The summed E-state index contributed by atoms with van der Waals surface area (Å²) in [5, 5.41) is 10.3. The Bertz CT molecular complexity index is 445. The topological polar surface area (TPSA) is 45.5 Å². The van der Waals surface area contributed by atoms with E-state index in [2.05, 4.69) is 0 Å². The number of carbonyl (C=O) groups excluding carboxylic acids is 1. The van der Waals surface area contributed by atoms with Gasteiger partial charge in [0.1, 0.15) is 10.8 Å². The van der Waals surface area contributed by atoms with Crippen molar-refractivity contribution in [1.82, 2.24) is 9.47 Å². The van der Waals surface area contributed by atoms with E-state index in [1.165, 1.54) is 0 Å². The van der Waals surface area contributed by atoms with Crippen LogP contribution in [0.2, 0.25) is 10.2 Å². The SMILES string of the molecule is Cn1c(C(=O)N2CCCC(O)C2)cc(Cl)c1Cl. The Morgan fingerprint density at radius 3 is 2.76 bits per heavy atom. The van der Waals surface area contributed by atoms with E-state index >= 15 is 0 Å². The van der Waals surface area contributed by atoms with Crippen molar-refractivity contribution in [2.24, 2.45) is 7.05 Å². The minimum absolute atomic E-state index is 0.139. The highest BCUT2D eigenvalue weighted by Crippen LogP contribution is 2.26. The molecule has 4 nitrogen and oxygen atoms in total. The van der Waals surface area contributed by atoms with Crippen LogP contribution in [0.5, 0.6) is 0 Å². The first-order valence-electron chi connectivity index (χ1n) is 5.48. The molecular weight excluding hydrogens is 263 g/mol. The first-order valence-corrected chi connectivity index (χ1v) is 6.24. The Morgan fingerprint density at radius 1 is 1.53 bits per heavy atom. The summed E-state index contributed by atoms with van der Waals surface area (Å²) >= 11 is 11.8. The molecule has 0 radical (unpaired) electrons. The molecule has 1 saturated heterocycles. The molecule has 1 aliphatic rings. The maximum Gasteiger partial charge on any atom is 0.270 e. The zero-order valence-corrected chi connectivity index (χ0v) is 11.0. The first-order chi connectivity index (χ1) is 8.00. The van der Waals surface area contributed by atoms with Crippen molar-refractivity contribution in [3.63, 3.8) is 0 Å². The standard InChI is InChI=1S/C11H14Cl2N2O2/c1-14-9(5-8(12)10(14)13)11(17)15-4-2-3-7(16)6-15/h5,7,16H,2-4,6H2,1H3. The second-order valence-corrected chi connectivity index (χ2v) is 5.04. The number of aliphatic hydroxyl groups is 1. The quantitative estimate of drug-likeness (QED) is 0.852. The predicted molar refractivity (Wildman–Crippen MR) is 66.6 cm³/mol. The van der Waals surface area contributed by atoms with Gasteiger partial charge in [-0.15, -0.1) is 0 Å². The van der Waals surface area contributed by atoms with Crippen molar-refractivity contribution in [1.29, 1.82) is 0 Å². The summed E-state index contributed by atoms with van der Waals surface area (Å²) in [6, 6.07) is 1.56. The number of carbonyl (C=O) groups is 1. The maximum atomic E-state index is 12.2. The molecule has 1 aliphatic heterocycles. The van der Waals surface area contributed by atoms with Gasteiger partial charge in [-0.3, -0.25) is 4.79 Å². The molecule has 6 heteroatoms. The van der Waals surface area contributed by atoms with E-state index in [4.69, 9.17) is 23.2 Å². The summed E-state index contributed by atoms with van der Waals surface area (Å²) in [5.74, 6) is -0.139. The molecule has 1 unspecified atom stereocenters. The molecule has 1 N–H and O–H groups in total. The average Bonchev–Trinajstić information content (AvgIpc) is 2.56. The molecule has 1 aromatic rings. The zero-order chi connectivity index (χ0) is 12.6. The number of nitrogens with zero attached hydrogens (tertiary/aromatic N) is 2. The van der Waals surface area contributed by atoms with Gasteiger partial charge in [-0.1, -0.05) is 23.2 Å². The van der Waals surface area contributed by atoms with Crippen molar-refractivity contribution >= 4 is 29.1 Å². The molecular formula is C11H14Cl2N2O2. The van der Waals surface area contributed by atoms with Gasteiger partial charge in [0, 0.05) is 20.1 Å². The highest BCUT2D eigenvalue weighted by molar-refractivity contribution is 6.41. The van der Waals surface area contributed by atoms with E-state index in [9.17, 15) is 9.90 Å². The zero-order valence-electron chi connectivity index (χ0n) is 9.49. The van der Waals surface area contributed by atoms with Gasteiger partial charge >= 0.3 is 0 Å². The van der Waals surface area contributed by atoms with Crippen molar-refractivity contribution in [2.45, 2.75) is 18.9 Å². The first kappa shape index (κ1) is 12.7. The highest BCUT2D eigenvalue weighted by Gasteiger charge is 2.25. The number of halogens is 2. The largest absolute Gasteiger partial charge is 0.391 e. The normalized spacial score (nSPS) is 20.7. The van der Waals surface area contributed by atoms with Crippen LogP contribution in [-0.2, 0) is 7.05 Å². The van der Waals surface area contributed by atoms with Gasteiger partial charge in [0.25, 0.3) is 5.91 Å². The van der Waals surface area contributed by atoms with Crippen LogP contribution >= 0.6 is 23.2 Å². The molecule has 2 rings (SSSR count). The predicted octanol–water partition coefficient (Wildman–Crippen LogP) is 1.93. The van der Waals surface area contributed by atoms with E-state index < -0.39 is 6.10 Å². The van der Waals surface area contributed by atoms with E-state index in [0.717, 1.165) is 12.8 Å². The van der Waals surface area contributed by atoms with Gasteiger partial charge in [-0.2, -0.15) is 0 Å². The number of piperidine rings is 1. The molecule has 1 aromatic heterocycles. The highest BCUT2D eigenvalue weighted by atomic mass is 35.5. The van der Waals surface area contributed by atoms with Gasteiger partial charge in [-0.25, -0.2) is 0 Å². The van der Waals surface area contributed by atoms with Gasteiger partial charge in [0.2, 0.25) is 0 Å². The van der Waals surface area contributed by atoms with Crippen LogP contribution in [-0.4, -0.2) is 39.7 Å². The molecule has 94 valence electrons. The summed E-state index contributed by atoms with van der Waals surface area (Å²) in [5.41, 5.74) is 0.453. The Labute approximate surface area is 110 Å². The number of rotatable bonds is 1. The third kappa shape index (κ3) is 2.44. The maximum absolute atomic E-state index is 12.2. The summed E-state index contributed by atoms with van der Waals surface area (Å²) in [6.07, 6.45) is 1.14. The Hall–Kier alpha value is -0.710. The minimum atomic E-state index is -0.432. The van der Waals surface area contributed by atoms with Crippen molar-refractivity contribution < 1.29 is 9.90 Å². The lowest BCUT2D eigenvalue weighted by molar-refractivity contribution is 0.0466.